The zero-order valence-electron chi connectivity index (χ0n) is 23.0. The average Bonchev–Trinajstić information content (AvgIpc) is 2.81. The van der Waals surface area contributed by atoms with E-state index in [2.05, 4.69) is 13.8 Å². The minimum absolute atomic E-state index is 0.0964. The van der Waals surface area contributed by atoms with Crippen LogP contribution in [-0.4, -0.2) is 11.1 Å². The van der Waals surface area contributed by atoms with Crippen LogP contribution in [-0.2, 0) is 4.79 Å². The molecule has 0 aromatic rings. The highest BCUT2D eigenvalue weighted by molar-refractivity contribution is 5.69. The second-order valence-corrected chi connectivity index (χ2v) is 10.7. The van der Waals surface area contributed by atoms with Crippen LogP contribution in [0.1, 0.15) is 187 Å². The van der Waals surface area contributed by atoms with E-state index in [-0.39, 0.29) is 5.92 Å². The van der Waals surface area contributed by atoms with Crippen molar-refractivity contribution in [2.45, 2.75) is 187 Å². The molecule has 2 heteroatoms. The molecule has 33 heavy (non-hydrogen) atoms. The van der Waals surface area contributed by atoms with E-state index in [1.165, 1.54) is 148 Å². The molecule has 0 bridgehead atoms. The van der Waals surface area contributed by atoms with Gasteiger partial charge in [-0.25, -0.2) is 0 Å². The Balaban J connectivity index is 3.41. The number of hydrogen-bond acceptors (Lipinski definition) is 1. The Labute approximate surface area is 209 Å². The minimum Gasteiger partial charge on any atom is -0.481 e. The van der Waals surface area contributed by atoms with Crippen LogP contribution in [0, 0.1) is 5.92 Å². The standard InChI is InChI=1S/C31H62O2/c1-3-5-7-9-11-13-15-16-17-19-21-23-25-27-29-30(31(32)33)28-26-24-22-20-18-14-12-10-8-6-4-2/h30H,3-29H2,1-2H3,(H,32,33). The summed E-state index contributed by atoms with van der Waals surface area (Å²) < 4.78 is 0. The molecule has 1 N–H and O–H groups in total. The van der Waals surface area contributed by atoms with E-state index < -0.39 is 5.97 Å². The van der Waals surface area contributed by atoms with Gasteiger partial charge in [-0.15, -0.1) is 0 Å². The van der Waals surface area contributed by atoms with Gasteiger partial charge < -0.3 is 5.11 Å². The molecule has 0 aromatic carbocycles. The van der Waals surface area contributed by atoms with Crippen molar-refractivity contribution in [2.24, 2.45) is 5.92 Å². The van der Waals surface area contributed by atoms with Gasteiger partial charge in [0.1, 0.15) is 0 Å². The molecule has 0 radical (unpaired) electrons. The predicted molar refractivity (Wildman–Crippen MR) is 147 cm³/mol. The van der Waals surface area contributed by atoms with Crippen molar-refractivity contribution in [1.29, 1.82) is 0 Å². The summed E-state index contributed by atoms with van der Waals surface area (Å²) in [5.74, 6) is -0.655. The van der Waals surface area contributed by atoms with E-state index in [9.17, 15) is 9.90 Å². The summed E-state index contributed by atoms with van der Waals surface area (Å²) in [5, 5.41) is 9.54. The second-order valence-electron chi connectivity index (χ2n) is 10.7. The van der Waals surface area contributed by atoms with Crippen LogP contribution >= 0.6 is 0 Å². The first-order valence-electron chi connectivity index (χ1n) is 15.4. The highest BCUT2D eigenvalue weighted by Crippen LogP contribution is 2.20. The zero-order valence-corrected chi connectivity index (χ0v) is 23.0. The Morgan fingerprint density at radius 1 is 0.424 bits per heavy atom. The molecule has 0 aliphatic heterocycles. The number of aliphatic carboxylic acids is 1. The maximum atomic E-state index is 11.6. The number of unbranched alkanes of at least 4 members (excludes halogenated alkanes) is 23. The Morgan fingerprint density at radius 3 is 0.848 bits per heavy atom. The maximum Gasteiger partial charge on any atom is 0.306 e. The van der Waals surface area contributed by atoms with Crippen LogP contribution in [0.3, 0.4) is 0 Å². The summed E-state index contributed by atoms with van der Waals surface area (Å²) in [7, 11) is 0. The number of carboxylic acid groups (broad SMARTS) is 1. The van der Waals surface area contributed by atoms with Gasteiger partial charge in [0.25, 0.3) is 0 Å². The van der Waals surface area contributed by atoms with Crippen LogP contribution in [0.25, 0.3) is 0 Å². The van der Waals surface area contributed by atoms with Gasteiger partial charge in [-0.1, -0.05) is 174 Å². The third-order valence-electron chi connectivity index (χ3n) is 7.41. The highest BCUT2D eigenvalue weighted by Gasteiger charge is 2.16. The predicted octanol–water partition coefficient (Wildman–Crippen LogP) is 11.3. The van der Waals surface area contributed by atoms with Crippen LogP contribution in [0.5, 0.6) is 0 Å². The third kappa shape index (κ3) is 25.9. The fraction of sp³-hybridized carbons (Fsp3) is 0.968. The van der Waals surface area contributed by atoms with Crippen molar-refractivity contribution < 1.29 is 9.90 Å². The summed E-state index contributed by atoms with van der Waals surface area (Å²) >= 11 is 0. The molecule has 1 atom stereocenters. The normalized spacial score (nSPS) is 12.3. The lowest BCUT2D eigenvalue weighted by molar-refractivity contribution is -0.142. The Morgan fingerprint density at radius 2 is 0.636 bits per heavy atom. The molecule has 0 aromatic heterocycles. The molecule has 198 valence electrons. The number of hydrogen-bond donors (Lipinski definition) is 1. The van der Waals surface area contributed by atoms with E-state index in [4.69, 9.17) is 0 Å². The van der Waals surface area contributed by atoms with Gasteiger partial charge in [0, 0.05) is 0 Å². The Hall–Kier alpha value is -0.530. The molecule has 0 saturated carbocycles. The van der Waals surface area contributed by atoms with Gasteiger partial charge in [0.05, 0.1) is 5.92 Å². The molecule has 0 rings (SSSR count). The van der Waals surface area contributed by atoms with Gasteiger partial charge >= 0.3 is 5.97 Å². The van der Waals surface area contributed by atoms with Crippen molar-refractivity contribution in [2.75, 3.05) is 0 Å². The van der Waals surface area contributed by atoms with Crippen LogP contribution in [0.2, 0.25) is 0 Å². The fourth-order valence-electron chi connectivity index (χ4n) is 5.03. The van der Waals surface area contributed by atoms with Crippen molar-refractivity contribution in [3.05, 3.63) is 0 Å². The molecule has 2 nitrogen and oxygen atoms in total. The second kappa shape index (κ2) is 27.7. The number of carbonyl (C=O) groups is 1. The van der Waals surface area contributed by atoms with Crippen molar-refractivity contribution >= 4 is 5.97 Å². The topological polar surface area (TPSA) is 37.3 Å². The number of carboxylic acids is 1. The van der Waals surface area contributed by atoms with E-state index in [1.807, 2.05) is 0 Å². The number of rotatable bonds is 28. The molecule has 0 aliphatic carbocycles. The molecular weight excluding hydrogens is 404 g/mol. The molecule has 1 unspecified atom stereocenters. The summed E-state index contributed by atoms with van der Waals surface area (Å²) in [6, 6.07) is 0. The monoisotopic (exact) mass is 466 g/mol. The fourth-order valence-corrected chi connectivity index (χ4v) is 5.03. The molecule has 0 saturated heterocycles. The van der Waals surface area contributed by atoms with E-state index in [1.54, 1.807) is 0 Å². The first-order chi connectivity index (χ1) is 16.2. The summed E-state index contributed by atoms with van der Waals surface area (Å²) in [4.78, 5) is 11.6. The van der Waals surface area contributed by atoms with Crippen molar-refractivity contribution in [1.82, 2.24) is 0 Å². The molecule has 0 aliphatic rings. The summed E-state index contributed by atoms with van der Waals surface area (Å²) in [6.45, 7) is 4.55. The largest absolute Gasteiger partial charge is 0.481 e. The smallest absolute Gasteiger partial charge is 0.306 e. The van der Waals surface area contributed by atoms with Crippen LogP contribution in [0.15, 0.2) is 0 Å². The summed E-state index contributed by atoms with van der Waals surface area (Å²) in [6.07, 6.45) is 35.5. The van der Waals surface area contributed by atoms with Crippen molar-refractivity contribution in [3.63, 3.8) is 0 Å². The minimum atomic E-state index is -0.559. The van der Waals surface area contributed by atoms with Crippen LogP contribution < -0.4 is 0 Å². The quantitative estimate of drug-likeness (QED) is 0.116. The molecule has 0 heterocycles. The zero-order chi connectivity index (χ0) is 24.2. The van der Waals surface area contributed by atoms with Gasteiger partial charge in [0.15, 0.2) is 0 Å². The van der Waals surface area contributed by atoms with E-state index in [0.29, 0.717) is 0 Å². The Kier molecular flexibility index (Phi) is 27.3. The van der Waals surface area contributed by atoms with Gasteiger partial charge in [-0.3, -0.25) is 4.79 Å². The van der Waals surface area contributed by atoms with Gasteiger partial charge in [0.2, 0.25) is 0 Å². The average molecular weight is 467 g/mol. The molecule has 0 spiro atoms. The SMILES string of the molecule is CCCCCCCCCCCCCCCCC(CCCCCCCCCCCCC)C(=O)O. The van der Waals surface area contributed by atoms with E-state index in [0.717, 1.165) is 25.7 Å². The first-order valence-corrected chi connectivity index (χ1v) is 15.4. The van der Waals surface area contributed by atoms with Gasteiger partial charge in [-0.05, 0) is 12.8 Å². The first kappa shape index (κ1) is 32.5. The lowest BCUT2D eigenvalue weighted by Crippen LogP contribution is -2.13. The molecule has 0 fully saturated rings. The highest BCUT2D eigenvalue weighted by atomic mass is 16.4. The van der Waals surface area contributed by atoms with Crippen LogP contribution in [0.4, 0.5) is 0 Å². The third-order valence-corrected chi connectivity index (χ3v) is 7.41. The maximum absolute atomic E-state index is 11.6. The van der Waals surface area contributed by atoms with Crippen molar-refractivity contribution in [3.8, 4) is 0 Å². The summed E-state index contributed by atoms with van der Waals surface area (Å²) in [5.41, 5.74) is 0. The lowest BCUT2D eigenvalue weighted by atomic mass is 9.94. The molecular formula is C31H62O2. The Bertz CT molecular complexity index is 379. The lowest BCUT2D eigenvalue weighted by Gasteiger charge is -2.12. The molecule has 0 amide bonds. The van der Waals surface area contributed by atoms with Gasteiger partial charge in [-0.2, -0.15) is 0 Å². The van der Waals surface area contributed by atoms with E-state index >= 15 is 0 Å².